The maximum atomic E-state index is 10.5. The third-order valence-electron chi connectivity index (χ3n) is 2.02. The van der Waals surface area contributed by atoms with Crippen molar-refractivity contribution in [1.82, 2.24) is 0 Å². The molecule has 0 aromatic rings. The zero-order valence-electron chi connectivity index (χ0n) is 7.21. The summed E-state index contributed by atoms with van der Waals surface area (Å²) in [6, 6.07) is 0. The third kappa shape index (κ3) is 3.98. The van der Waals surface area contributed by atoms with E-state index in [4.69, 9.17) is 10.8 Å². The smallest absolute Gasteiger partial charge is 0.307 e. The molecular weight excluding hydrogens is 142 g/mol. The normalized spacial score (nSPS) is 15.9. The van der Waals surface area contributed by atoms with Crippen LogP contribution in [0, 0.1) is 11.8 Å². The number of carboxylic acid groups (broad SMARTS) is 1. The van der Waals surface area contributed by atoms with Gasteiger partial charge in [0.2, 0.25) is 0 Å². The molecule has 0 heterocycles. The molecular formula is C8H17NO2. The fraction of sp³-hybridized carbons (Fsp3) is 0.875. The van der Waals surface area contributed by atoms with E-state index in [9.17, 15) is 4.79 Å². The first-order chi connectivity index (χ1) is 5.11. The van der Waals surface area contributed by atoms with Gasteiger partial charge in [-0.05, 0) is 12.3 Å². The molecule has 0 amide bonds. The molecule has 0 aromatic heterocycles. The maximum absolute atomic E-state index is 10.5. The van der Waals surface area contributed by atoms with E-state index < -0.39 is 5.97 Å². The highest BCUT2D eigenvalue weighted by molar-refractivity contribution is 5.70. The molecule has 0 rings (SSSR count). The number of hydrogen-bond acceptors (Lipinski definition) is 2. The van der Waals surface area contributed by atoms with E-state index in [0.717, 1.165) is 6.42 Å². The SMILES string of the molecule is CCC(C)CC(CN)C(=O)O. The lowest BCUT2D eigenvalue weighted by molar-refractivity contribution is -0.141. The zero-order valence-corrected chi connectivity index (χ0v) is 7.21. The van der Waals surface area contributed by atoms with Gasteiger partial charge in [-0.3, -0.25) is 4.79 Å². The van der Waals surface area contributed by atoms with Crippen LogP contribution in [0.25, 0.3) is 0 Å². The summed E-state index contributed by atoms with van der Waals surface area (Å²) in [6.45, 7) is 4.35. The minimum absolute atomic E-state index is 0.250. The average molecular weight is 159 g/mol. The van der Waals surface area contributed by atoms with Gasteiger partial charge in [-0.15, -0.1) is 0 Å². The molecule has 0 fully saturated rings. The number of carboxylic acids is 1. The topological polar surface area (TPSA) is 63.3 Å². The molecule has 0 radical (unpaired) electrons. The van der Waals surface area contributed by atoms with Gasteiger partial charge < -0.3 is 10.8 Å². The lowest BCUT2D eigenvalue weighted by atomic mass is 9.94. The first-order valence-electron chi connectivity index (χ1n) is 4.04. The minimum Gasteiger partial charge on any atom is -0.481 e. The third-order valence-corrected chi connectivity index (χ3v) is 2.02. The molecule has 0 aliphatic heterocycles. The van der Waals surface area contributed by atoms with Gasteiger partial charge in [0.25, 0.3) is 0 Å². The highest BCUT2D eigenvalue weighted by Gasteiger charge is 2.17. The minimum atomic E-state index is -0.771. The molecule has 11 heavy (non-hydrogen) atoms. The molecule has 0 aliphatic carbocycles. The summed E-state index contributed by atoms with van der Waals surface area (Å²) in [4.78, 5) is 10.5. The zero-order chi connectivity index (χ0) is 8.85. The van der Waals surface area contributed by atoms with E-state index in [1.165, 1.54) is 0 Å². The molecule has 0 saturated heterocycles. The molecule has 3 nitrogen and oxygen atoms in total. The van der Waals surface area contributed by atoms with Gasteiger partial charge in [0.1, 0.15) is 0 Å². The van der Waals surface area contributed by atoms with Gasteiger partial charge in [-0.2, -0.15) is 0 Å². The summed E-state index contributed by atoms with van der Waals surface area (Å²) in [5.74, 6) is -0.669. The van der Waals surface area contributed by atoms with Crippen LogP contribution >= 0.6 is 0 Å². The summed E-state index contributed by atoms with van der Waals surface area (Å²) < 4.78 is 0. The number of nitrogens with two attached hydrogens (primary N) is 1. The standard InChI is InChI=1S/C8H17NO2/c1-3-6(2)4-7(5-9)8(10)11/h6-7H,3-5,9H2,1-2H3,(H,10,11). The lowest BCUT2D eigenvalue weighted by Crippen LogP contribution is -2.25. The van der Waals surface area contributed by atoms with Crippen LogP contribution < -0.4 is 5.73 Å². The first kappa shape index (κ1) is 10.4. The average Bonchev–Trinajstić information content (AvgIpc) is 1.99. The predicted octanol–water partition coefficient (Wildman–Crippen LogP) is 1.08. The summed E-state index contributed by atoms with van der Waals surface area (Å²) >= 11 is 0. The Labute approximate surface area is 67.6 Å². The largest absolute Gasteiger partial charge is 0.481 e. The van der Waals surface area contributed by atoms with Crippen molar-refractivity contribution in [2.45, 2.75) is 26.7 Å². The lowest BCUT2D eigenvalue weighted by Gasteiger charge is -2.13. The van der Waals surface area contributed by atoms with Crippen LogP contribution in [-0.2, 0) is 4.79 Å². The molecule has 66 valence electrons. The Kier molecular flexibility index (Phi) is 4.86. The van der Waals surface area contributed by atoms with Crippen LogP contribution in [0.3, 0.4) is 0 Å². The van der Waals surface area contributed by atoms with Crippen molar-refractivity contribution in [2.24, 2.45) is 17.6 Å². The molecule has 0 bridgehead atoms. The molecule has 0 spiro atoms. The van der Waals surface area contributed by atoms with Crippen molar-refractivity contribution in [3.05, 3.63) is 0 Å². The molecule has 2 atom stereocenters. The van der Waals surface area contributed by atoms with Crippen molar-refractivity contribution in [2.75, 3.05) is 6.54 Å². The Hall–Kier alpha value is -0.570. The molecule has 3 heteroatoms. The van der Waals surface area contributed by atoms with Gasteiger partial charge >= 0.3 is 5.97 Å². The van der Waals surface area contributed by atoms with Crippen molar-refractivity contribution >= 4 is 5.97 Å². The van der Waals surface area contributed by atoms with E-state index in [2.05, 4.69) is 6.92 Å². The predicted molar refractivity (Wildman–Crippen MR) is 44.3 cm³/mol. The van der Waals surface area contributed by atoms with Crippen LogP contribution in [0.15, 0.2) is 0 Å². The second-order valence-corrected chi connectivity index (χ2v) is 3.02. The van der Waals surface area contributed by atoms with Gasteiger partial charge in [0.05, 0.1) is 5.92 Å². The fourth-order valence-electron chi connectivity index (χ4n) is 0.950. The van der Waals surface area contributed by atoms with Crippen molar-refractivity contribution in [3.8, 4) is 0 Å². The van der Waals surface area contributed by atoms with E-state index >= 15 is 0 Å². The molecule has 0 aromatic carbocycles. The van der Waals surface area contributed by atoms with E-state index in [1.807, 2.05) is 6.92 Å². The molecule has 2 unspecified atom stereocenters. The number of hydrogen-bond donors (Lipinski definition) is 2. The second kappa shape index (κ2) is 5.13. The molecule has 3 N–H and O–H groups in total. The Bertz CT molecular complexity index is 125. The summed E-state index contributed by atoms with van der Waals surface area (Å²) in [5, 5.41) is 8.64. The van der Waals surface area contributed by atoms with E-state index in [-0.39, 0.29) is 12.5 Å². The summed E-state index contributed by atoms with van der Waals surface area (Å²) in [6.07, 6.45) is 1.71. The van der Waals surface area contributed by atoms with E-state index in [0.29, 0.717) is 12.3 Å². The van der Waals surface area contributed by atoms with E-state index in [1.54, 1.807) is 0 Å². The quantitative estimate of drug-likeness (QED) is 0.631. The number of aliphatic carboxylic acids is 1. The number of rotatable bonds is 5. The van der Waals surface area contributed by atoms with Gasteiger partial charge in [-0.25, -0.2) is 0 Å². The molecule has 0 aliphatic rings. The molecule has 0 saturated carbocycles. The van der Waals surface area contributed by atoms with Crippen LogP contribution in [0.2, 0.25) is 0 Å². The Balaban J connectivity index is 3.77. The highest BCUT2D eigenvalue weighted by Crippen LogP contribution is 2.13. The summed E-state index contributed by atoms with van der Waals surface area (Å²) in [7, 11) is 0. The first-order valence-corrected chi connectivity index (χ1v) is 4.04. The van der Waals surface area contributed by atoms with Gasteiger partial charge in [0.15, 0.2) is 0 Å². The van der Waals surface area contributed by atoms with Gasteiger partial charge in [-0.1, -0.05) is 20.3 Å². The van der Waals surface area contributed by atoms with Crippen LogP contribution in [0.5, 0.6) is 0 Å². The van der Waals surface area contributed by atoms with Crippen molar-refractivity contribution in [1.29, 1.82) is 0 Å². The van der Waals surface area contributed by atoms with Gasteiger partial charge in [0, 0.05) is 6.54 Å². The summed E-state index contributed by atoms with van der Waals surface area (Å²) in [5.41, 5.74) is 5.30. The fourth-order valence-corrected chi connectivity index (χ4v) is 0.950. The second-order valence-electron chi connectivity index (χ2n) is 3.02. The van der Waals surface area contributed by atoms with Crippen LogP contribution in [-0.4, -0.2) is 17.6 Å². The van der Waals surface area contributed by atoms with Crippen LogP contribution in [0.4, 0.5) is 0 Å². The van der Waals surface area contributed by atoms with Crippen molar-refractivity contribution in [3.63, 3.8) is 0 Å². The Morgan fingerprint density at radius 2 is 2.18 bits per heavy atom. The highest BCUT2D eigenvalue weighted by atomic mass is 16.4. The van der Waals surface area contributed by atoms with Crippen molar-refractivity contribution < 1.29 is 9.90 Å². The Morgan fingerprint density at radius 1 is 1.64 bits per heavy atom. The monoisotopic (exact) mass is 159 g/mol. The van der Waals surface area contributed by atoms with Crippen LogP contribution in [0.1, 0.15) is 26.7 Å². The number of carbonyl (C=O) groups is 1. The maximum Gasteiger partial charge on any atom is 0.307 e. The Morgan fingerprint density at radius 3 is 2.45 bits per heavy atom.